The summed E-state index contributed by atoms with van der Waals surface area (Å²) >= 11 is 6.09. The Hall–Kier alpha value is -2.05. The van der Waals surface area contributed by atoms with E-state index in [1.165, 1.54) is 0 Å². The zero-order valence-electron chi connectivity index (χ0n) is 16.9. The number of carbonyl (C=O) groups excluding carboxylic acids is 1. The molecule has 7 heteroatoms. The Morgan fingerprint density at radius 1 is 1.21 bits per heavy atom. The van der Waals surface area contributed by atoms with Gasteiger partial charge in [0.25, 0.3) is 5.91 Å². The number of rotatable bonds is 6. The lowest BCUT2D eigenvalue weighted by Crippen LogP contribution is -2.46. The van der Waals surface area contributed by atoms with Crippen molar-refractivity contribution in [3.05, 3.63) is 64.2 Å². The Kier molecular flexibility index (Phi) is 6.54. The van der Waals surface area contributed by atoms with Gasteiger partial charge in [-0.25, -0.2) is 8.42 Å². The van der Waals surface area contributed by atoms with Crippen LogP contribution in [0.4, 0.5) is 0 Å². The number of benzene rings is 2. The second-order valence-electron chi connectivity index (χ2n) is 7.74. The van der Waals surface area contributed by atoms with E-state index < -0.39 is 15.9 Å². The highest BCUT2D eigenvalue weighted by molar-refractivity contribution is 7.91. The normalized spacial score (nSPS) is 19.0. The maximum Gasteiger partial charge on any atom is 0.263 e. The maximum absolute atomic E-state index is 13.3. The van der Waals surface area contributed by atoms with Crippen molar-refractivity contribution in [2.75, 3.05) is 11.5 Å². The number of sulfone groups is 1. The molecule has 0 aromatic heterocycles. The number of hydrogen-bond donors (Lipinski definition) is 0. The van der Waals surface area contributed by atoms with Crippen molar-refractivity contribution in [2.45, 2.75) is 45.9 Å². The summed E-state index contributed by atoms with van der Waals surface area (Å²) in [5, 5.41) is 0.577. The summed E-state index contributed by atoms with van der Waals surface area (Å²) in [7, 11) is -3.13. The minimum atomic E-state index is -3.13. The molecule has 1 saturated heterocycles. The number of aryl methyl sites for hydroxylation is 2. The first kappa shape index (κ1) is 21.7. The Morgan fingerprint density at radius 2 is 1.90 bits per heavy atom. The third-order valence-electron chi connectivity index (χ3n) is 5.03. The molecule has 0 saturated carbocycles. The molecule has 29 heavy (non-hydrogen) atoms. The predicted octanol–water partition coefficient (Wildman–Crippen LogP) is 3.94. The summed E-state index contributed by atoms with van der Waals surface area (Å²) in [6.07, 6.45) is -0.302. The molecule has 0 N–H and O–H groups in total. The van der Waals surface area contributed by atoms with Crippen LogP contribution in [0.5, 0.6) is 5.75 Å². The maximum atomic E-state index is 13.3. The number of amides is 1. The molecular weight excluding hydrogens is 410 g/mol. The van der Waals surface area contributed by atoms with E-state index >= 15 is 0 Å². The number of carbonyl (C=O) groups is 1. The monoisotopic (exact) mass is 435 g/mol. The van der Waals surface area contributed by atoms with Crippen LogP contribution in [0.15, 0.2) is 42.5 Å². The minimum absolute atomic E-state index is 0.0183. The lowest BCUT2D eigenvalue weighted by atomic mass is 10.1. The van der Waals surface area contributed by atoms with Gasteiger partial charge in [0.2, 0.25) is 0 Å². The first-order valence-corrected chi connectivity index (χ1v) is 11.8. The van der Waals surface area contributed by atoms with Crippen LogP contribution in [-0.2, 0) is 21.2 Å². The largest absolute Gasteiger partial charge is 0.481 e. The molecule has 2 aromatic carbocycles. The second kappa shape index (κ2) is 8.76. The van der Waals surface area contributed by atoms with Crippen molar-refractivity contribution >= 4 is 27.3 Å². The van der Waals surface area contributed by atoms with Gasteiger partial charge < -0.3 is 9.64 Å². The smallest absolute Gasteiger partial charge is 0.263 e. The van der Waals surface area contributed by atoms with Gasteiger partial charge in [-0.3, -0.25) is 4.79 Å². The highest BCUT2D eigenvalue weighted by atomic mass is 35.5. The lowest BCUT2D eigenvalue weighted by Gasteiger charge is -2.31. The molecule has 5 nitrogen and oxygen atoms in total. The van der Waals surface area contributed by atoms with Gasteiger partial charge in [-0.1, -0.05) is 29.8 Å². The molecule has 0 radical (unpaired) electrons. The second-order valence-corrected chi connectivity index (χ2v) is 10.4. The standard InChI is InChI=1S/C22H26ClNO4S/c1-15-9-16(2)11-21(10-15)28-17(3)22(25)24(20-7-8-29(26,27)14-20)13-18-5-4-6-19(23)12-18/h4-6,9-12,17,20H,7-8,13-14H2,1-3H3. The van der Waals surface area contributed by atoms with E-state index in [1.807, 2.05) is 44.2 Å². The van der Waals surface area contributed by atoms with Crippen molar-refractivity contribution < 1.29 is 17.9 Å². The number of hydrogen-bond acceptors (Lipinski definition) is 4. The predicted molar refractivity (Wildman–Crippen MR) is 115 cm³/mol. The van der Waals surface area contributed by atoms with E-state index in [0.29, 0.717) is 23.7 Å². The topological polar surface area (TPSA) is 63.7 Å². The number of halogens is 1. The van der Waals surface area contributed by atoms with E-state index in [-0.39, 0.29) is 23.5 Å². The van der Waals surface area contributed by atoms with Gasteiger partial charge in [0.15, 0.2) is 15.9 Å². The molecule has 1 aliphatic rings. The average molecular weight is 436 g/mol. The SMILES string of the molecule is Cc1cc(C)cc(OC(C)C(=O)N(Cc2cccc(Cl)c2)C2CCS(=O)(=O)C2)c1. The molecule has 0 spiro atoms. The number of nitrogens with zero attached hydrogens (tertiary/aromatic N) is 1. The van der Waals surface area contributed by atoms with Crippen LogP contribution in [0.3, 0.4) is 0 Å². The van der Waals surface area contributed by atoms with Crippen molar-refractivity contribution in [1.82, 2.24) is 4.90 Å². The van der Waals surface area contributed by atoms with Gasteiger partial charge in [0, 0.05) is 17.6 Å². The third-order valence-corrected chi connectivity index (χ3v) is 7.02. The highest BCUT2D eigenvalue weighted by Crippen LogP contribution is 2.24. The van der Waals surface area contributed by atoms with Crippen molar-refractivity contribution in [1.29, 1.82) is 0 Å². The Morgan fingerprint density at radius 3 is 2.48 bits per heavy atom. The summed E-state index contributed by atoms with van der Waals surface area (Å²) in [6, 6.07) is 12.7. The summed E-state index contributed by atoms with van der Waals surface area (Å²) < 4.78 is 30.0. The molecule has 2 aromatic rings. The van der Waals surface area contributed by atoms with Crippen molar-refractivity contribution in [2.24, 2.45) is 0 Å². The van der Waals surface area contributed by atoms with E-state index in [2.05, 4.69) is 0 Å². The molecule has 156 valence electrons. The van der Waals surface area contributed by atoms with Gasteiger partial charge in [-0.15, -0.1) is 0 Å². The fourth-order valence-electron chi connectivity index (χ4n) is 3.73. The summed E-state index contributed by atoms with van der Waals surface area (Å²) in [4.78, 5) is 14.9. The average Bonchev–Trinajstić information content (AvgIpc) is 2.98. The van der Waals surface area contributed by atoms with Crippen LogP contribution in [0.1, 0.15) is 30.0 Å². The van der Waals surface area contributed by atoms with Gasteiger partial charge >= 0.3 is 0 Å². The molecule has 3 rings (SSSR count). The first-order chi connectivity index (χ1) is 13.6. The van der Waals surface area contributed by atoms with Gasteiger partial charge in [0.1, 0.15) is 5.75 Å². The first-order valence-electron chi connectivity index (χ1n) is 9.63. The van der Waals surface area contributed by atoms with Crippen LogP contribution >= 0.6 is 11.6 Å². The summed E-state index contributed by atoms with van der Waals surface area (Å²) in [5.41, 5.74) is 2.96. The van der Waals surface area contributed by atoms with Gasteiger partial charge in [-0.2, -0.15) is 0 Å². The van der Waals surface area contributed by atoms with E-state index in [4.69, 9.17) is 16.3 Å². The van der Waals surface area contributed by atoms with Gasteiger partial charge in [0.05, 0.1) is 11.5 Å². The molecule has 2 atom stereocenters. The summed E-state index contributed by atoms with van der Waals surface area (Å²) in [5.74, 6) is 0.482. The fourth-order valence-corrected chi connectivity index (χ4v) is 5.67. The molecule has 1 heterocycles. The molecule has 1 amide bonds. The van der Waals surface area contributed by atoms with Gasteiger partial charge in [-0.05, 0) is 68.1 Å². The van der Waals surface area contributed by atoms with Crippen LogP contribution in [0, 0.1) is 13.8 Å². The molecular formula is C22H26ClNO4S. The van der Waals surface area contributed by atoms with Crippen LogP contribution in [-0.4, -0.2) is 42.9 Å². The molecule has 0 aliphatic carbocycles. The van der Waals surface area contributed by atoms with Crippen molar-refractivity contribution in [3.63, 3.8) is 0 Å². The van der Waals surface area contributed by atoms with E-state index in [0.717, 1.165) is 16.7 Å². The fraction of sp³-hybridized carbons (Fsp3) is 0.409. The van der Waals surface area contributed by atoms with Crippen molar-refractivity contribution in [3.8, 4) is 5.75 Å². The van der Waals surface area contributed by atoms with Crippen LogP contribution in [0.25, 0.3) is 0 Å². The zero-order valence-corrected chi connectivity index (χ0v) is 18.5. The Bertz CT molecular complexity index is 985. The molecule has 0 bridgehead atoms. The number of ether oxygens (including phenoxy) is 1. The third kappa shape index (κ3) is 5.73. The Balaban J connectivity index is 1.82. The molecule has 2 unspecified atom stereocenters. The summed E-state index contributed by atoms with van der Waals surface area (Å²) in [6.45, 7) is 5.94. The minimum Gasteiger partial charge on any atom is -0.481 e. The van der Waals surface area contributed by atoms with Crippen LogP contribution < -0.4 is 4.74 Å². The molecule has 1 fully saturated rings. The zero-order chi connectivity index (χ0) is 21.2. The van der Waals surface area contributed by atoms with Crippen LogP contribution in [0.2, 0.25) is 5.02 Å². The lowest BCUT2D eigenvalue weighted by molar-refractivity contribution is -0.140. The Labute approximate surface area is 177 Å². The molecule has 1 aliphatic heterocycles. The van der Waals surface area contributed by atoms with E-state index in [1.54, 1.807) is 24.0 Å². The van der Waals surface area contributed by atoms with E-state index in [9.17, 15) is 13.2 Å². The quantitative estimate of drug-likeness (QED) is 0.689. The highest BCUT2D eigenvalue weighted by Gasteiger charge is 2.36.